The van der Waals surface area contributed by atoms with Crippen LogP contribution in [0.25, 0.3) is 0 Å². The zero-order chi connectivity index (χ0) is 15.9. The van der Waals surface area contributed by atoms with Gasteiger partial charge in [0.05, 0.1) is 8.20 Å². The molecule has 0 amide bonds. The summed E-state index contributed by atoms with van der Waals surface area (Å²) in [6.07, 6.45) is 0. The monoisotopic (exact) mass is 317 g/mol. The zero-order valence-electron chi connectivity index (χ0n) is 12.7. The number of rotatable bonds is 5. The molecule has 3 rings (SSSR count). The Morgan fingerprint density at radius 2 is 1.13 bits per heavy atom. The fourth-order valence-corrected chi connectivity index (χ4v) is 3.78. The van der Waals surface area contributed by atoms with E-state index in [1.54, 1.807) is 0 Å². The van der Waals surface area contributed by atoms with Gasteiger partial charge in [-0.15, -0.1) is 0 Å². The van der Waals surface area contributed by atoms with Crippen molar-refractivity contribution >= 4 is 19.8 Å². The minimum atomic E-state index is 0.0980. The molecule has 0 aromatic heterocycles. The minimum absolute atomic E-state index is 0.0980. The quantitative estimate of drug-likeness (QED) is 0.470. The number of carbonyl (C=O) groups excluding carboxylic acids is 1. The van der Waals surface area contributed by atoms with E-state index in [0.29, 0.717) is 8.20 Å². The first-order valence-electron chi connectivity index (χ1n) is 7.63. The minimum Gasteiger partial charge on any atom is -0.285 e. The molecule has 1 unspecified atom stereocenters. The SMILES string of the molecule is O=C(C=[PH+]C(c1ccccc1)c1ccccc1)c1ccccc1. The van der Waals surface area contributed by atoms with Gasteiger partial charge in [-0.2, -0.15) is 0 Å². The molecule has 0 heterocycles. The average molecular weight is 317 g/mol. The molecular weight excluding hydrogens is 299 g/mol. The van der Waals surface area contributed by atoms with Gasteiger partial charge >= 0.3 is 0 Å². The van der Waals surface area contributed by atoms with Crippen LogP contribution in [-0.4, -0.2) is 11.6 Å². The predicted molar refractivity (Wildman–Crippen MR) is 99.9 cm³/mol. The van der Waals surface area contributed by atoms with E-state index in [-0.39, 0.29) is 11.4 Å². The Morgan fingerprint density at radius 1 is 0.696 bits per heavy atom. The Hall–Kier alpha value is -2.50. The van der Waals surface area contributed by atoms with Crippen molar-refractivity contribution in [2.45, 2.75) is 5.66 Å². The van der Waals surface area contributed by atoms with Crippen molar-refractivity contribution in [3.8, 4) is 0 Å². The Kier molecular flexibility index (Phi) is 5.13. The van der Waals surface area contributed by atoms with Crippen LogP contribution >= 0.6 is 8.20 Å². The first-order valence-corrected chi connectivity index (χ1v) is 8.78. The smallest absolute Gasteiger partial charge is 0.227 e. The van der Waals surface area contributed by atoms with Gasteiger partial charge in [-0.3, -0.25) is 4.79 Å². The van der Waals surface area contributed by atoms with Crippen molar-refractivity contribution < 1.29 is 4.79 Å². The lowest BCUT2D eigenvalue weighted by Crippen LogP contribution is -2.00. The molecule has 0 fully saturated rings. The van der Waals surface area contributed by atoms with Crippen molar-refractivity contribution in [3.05, 3.63) is 108 Å². The summed E-state index contributed by atoms with van der Waals surface area (Å²) in [6.45, 7) is 0. The van der Waals surface area contributed by atoms with Gasteiger partial charge in [-0.25, -0.2) is 0 Å². The molecule has 0 aliphatic carbocycles. The maximum atomic E-state index is 12.4. The molecule has 3 aromatic carbocycles. The summed E-state index contributed by atoms with van der Waals surface area (Å²) in [5.74, 6) is 1.93. The molecule has 0 saturated carbocycles. The van der Waals surface area contributed by atoms with E-state index in [9.17, 15) is 4.79 Å². The molecule has 3 aromatic rings. The van der Waals surface area contributed by atoms with E-state index in [1.807, 2.05) is 48.3 Å². The van der Waals surface area contributed by atoms with Crippen molar-refractivity contribution in [3.63, 3.8) is 0 Å². The summed E-state index contributed by atoms with van der Waals surface area (Å²) in [7, 11) is 0.410. The molecule has 0 saturated heterocycles. The van der Waals surface area contributed by atoms with E-state index >= 15 is 0 Å². The predicted octanol–water partition coefficient (Wildman–Crippen LogP) is 5.14. The second-order valence-electron chi connectivity index (χ2n) is 5.30. The lowest BCUT2D eigenvalue weighted by atomic mass is 10.0. The highest BCUT2D eigenvalue weighted by Gasteiger charge is 2.19. The van der Waals surface area contributed by atoms with Gasteiger partial charge in [0, 0.05) is 16.7 Å². The van der Waals surface area contributed by atoms with Gasteiger partial charge < -0.3 is 0 Å². The van der Waals surface area contributed by atoms with Crippen LogP contribution in [0, 0.1) is 0 Å². The Morgan fingerprint density at radius 3 is 1.61 bits per heavy atom. The highest BCUT2D eigenvalue weighted by molar-refractivity contribution is 7.42. The topological polar surface area (TPSA) is 17.1 Å². The van der Waals surface area contributed by atoms with Crippen LogP contribution in [0.2, 0.25) is 0 Å². The Labute approximate surface area is 138 Å². The fraction of sp³-hybridized carbons (Fsp3) is 0.0476. The summed E-state index contributed by atoms with van der Waals surface area (Å²) in [6, 6.07) is 30.2. The number of hydrogen-bond donors (Lipinski definition) is 0. The third-order valence-corrected chi connectivity index (χ3v) is 5.13. The summed E-state index contributed by atoms with van der Waals surface area (Å²) in [4.78, 5) is 12.4. The number of hydrogen-bond acceptors (Lipinski definition) is 1. The van der Waals surface area contributed by atoms with Gasteiger partial charge in [-0.1, -0.05) is 91.0 Å². The van der Waals surface area contributed by atoms with Crippen LogP contribution in [-0.2, 0) is 0 Å². The zero-order valence-corrected chi connectivity index (χ0v) is 13.7. The first-order chi connectivity index (χ1) is 11.3. The maximum absolute atomic E-state index is 12.4. The van der Waals surface area contributed by atoms with Crippen molar-refractivity contribution in [1.82, 2.24) is 0 Å². The molecule has 0 radical (unpaired) electrons. The molecule has 112 valence electrons. The molecule has 23 heavy (non-hydrogen) atoms. The largest absolute Gasteiger partial charge is 0.285 e. The van der Waals surface area contributed by atoms with Crippen LogP contribution in [0.1, 0.15) is 27.1 Å². The van der Waals surface area contributed by atoms with Crippen LogP contribution < -0.4 is 0 Å². The second kappa shape index (κ2) is 7.67. The molecule has 1 nitrogen and oxygen atoms in total. The van der Waals surface area contributed by atoms with Gasteiger partial charge in [0.2, 0.25) is 5.78 Å². The number of benzene rings is 3. The third kappa shape index (κ3) is 4.03. The normalized spacial score (nSPS) is 11.0. The molecule has 0 spiro atoms. The molecule has 1 atom stereocenters. The molecule has 0 bridgehead atoms. The Balaban J connectivity index is 1.91. The van der Waals surface area contributed by atoms with E-state index in [1.165, 1.54) is 11.1 Å². The average Bonchev–Trinajstić information content (AvgIpc) is 2.64. The molecule has 0 aliphatic rings. The van der Waals surface area contributed by atoms with Gasteiger partial charge in [0.1, 0.15) is 0 Å². The number of Topliss-reactive ketones (excluding diaryl/α,β-unsaturated/α-hetero) is 1. The molecular formula is C21H18OP+. The van der Waals surface area contributed by atoms with Gasteiger partial charge in [-0.05, 0) is 0 Å². The second-order valence-corrected chi connectivity index (χ2v) is 6.50. The van der Waals surface area contributed by atoms with Crippen molar-refractivity contribution in [2.24, 2.45) is 0 Å². The van der Waals surface area contributed by atoms with Gasteiger partial charge in [0.15, 0.2) is 11.5 Å². The molecule has 0 aliphatic heterocycles. The van der Waals surface area contributed by atoms with Crippen molar-refractivity contribution in [1.29, 1.82) is 0 Å². The van der Waals surface area contributed by atoms with Gasteiger partial charge in [0.25, 0.3) is 0 Å². The maximum Gasteiger partial charge on any atom is 0.227 e. The summed E-state index contributed by atoms with van der Waals surface area (Å²) >= 11 is 0. The van der Waals surface area contributed by atoms with E-state index in [4.69, 9.17) is 0 Å². The molecule has 0 N–H and O–H groups in total. The standard InChI is InChI=1S/C21H17OP/c22-20(17-10-4-1-5-11-17)16-23-21(18-12-6-2-7-13-18)19-14-8-3-9-15-19/h1-16,21H/p+1. The highest BCUT2D eigenvalue weighted by Crippen LogP contribution is 2.34. The lowest BCUT2D eigenvalue weighted by molar-refractivity contribution is 0.107. The number of carbonyl (C=O) groups is 1. The van der Waals surface area contributed by atoms with Crippen LogP contribution in [0.5, 0.6) is 0 Å². The van der Waals surface area contributed by atoms with Crippen molar-refractivity contribution in [2.75, 3.05) is 0 Å². The summed E-state index contributed by atoms with van der Waals surface area (Å²) in [5.41, 5.74) is 3.47. The fourth-order valence-electron chi connectivity index (χ4n) is 2.52. The Bertz CT molecular complexity index is 740. The van der Waals surface area contributed by atoms with E-state index < -0.39 is 0 Å². The van der Waals surface area contributed by atoms with Crippen LogP contribution in [0.15, 0.2) is 91.0 Å². The third-order valence-electron chi connectivity index (χ3n) is 3.71. The van der Waals surface area contributed by atoms with E-state index in [2.05, 4.69) is 48.5 Å². The lowest BCUT2D eigenvalue weighted by Gasteiger charge is -2.07. The summed E-state index contributed by atoms with van der Waals surface area (Å²) < 4.78 is 0. The highest BCUT2D eigenvalue weighted by atomic mass is 31.1. The summed E-state index contributed by atoms with van der Waals surface area (Å²) in [5, 5.41) is 0. The first kappa shape index (κ1) is 15.4. The number of ketones is 1. The van der Waals surface area contributed by atoms with E-state index in [0.717, 1.165) is 5.56 Å². The van der Waals surface area contributed by atoms with Crippen LogP contribution in [0.3, 0.4) is 0 Å². The molecule has 2 heteroatoms. The van der Waals surface area contributed by atoms with Crippen LogP contribution in [0.4, 0.5) is 0 Å².